The lowest BCUT2D eigenvalue weighted by Gasteiger charge is -2.16. The second-order valence-corrected chi connectivity index (χ2v) is 5.59. The van der Waals surface area contributed by atoms with E-state index in [1.165, 1.54) is 11.1 Å². The predicted molar refractivity (Wildman–Crippen MR) is 82.0 cm³/mol. The van der Waals surface area contributed by atoms with E-state index in [4.69, 9.17) is 4.74 Å². The summed E-state index contributed by atoms with van der Waals surface area (Å²) in [6.07, 6.45) is 0. The van der Waals surface area contributed by atoms with Crippen LogP contribution >= 0.6 is 0 Å². The molecule has 20 heavy (non-hydrogen) atoms. The van der Waals surface area contributed by atoms with Gasteiger partial charge in [0.2, 0.25) is 0 Å². The predicted octanol–water partition coefficient (Wildman–Crippen LogP) is 3.59. The number of ether oxygens (including phenoxy) is 1. The molecule has 1 heterocycles. The topological polar surface area (TPSA) is 21.3 Å². The van der Waals surface area contributed by atoms with Crippen LogP contribution in [0.4, 0.5) is 0 Å². The molecule has 0 bridgehead atoms. The largest absolute Gasteiger partial charge is 0.489 e. The Kier molecular flexibility index (Phi) is 4.03. The first kappa shape index (κ1) is 13.2. The van der Waals surface area contributed by atoms with Gasteiger partial charge in [0.05, 0.1) is 0 Å². The second kappa shape index (κ2) is 6.10. The molecule has 1 fully saturated rings. The van der Waals surface area contributed by atoms with Gasteiger partial charge in [-0.05, 0) is 35.7 Å². The van der Waals surface area contributed by atoms with Crippen molar-refractivity contribution in [2.24, 2.45) is 5.92 Å². The molecule has 2 aromatic carbocycles. The van der Waals surface area contributed by atoms with Gasteiger partial charge in [0.15, 0.2) is 0 Å². The molecular weight excluding hydrogens is 246 g/mol. The van der Waals surface area contributed by atoms with E-state index in [1.54, 1.807) is 0 Å². The van der Waals surface area contributed by atoms with Crippen LogP contribution in [0.1, 0.15) is 24.0 Å². The molecule has 0 amide bonds. The number of rotatable bonds is 4. The summed E-state index contributed by atoms with van der Waals surface area (Å²) >= 11 is 0. The van der Waals surface area contributed by atoms with Crippen LogP contribution in [0.3, 0.4) is 0 Å². The Bertz CT molecular complexity index is 552. The Labute approximate surface area is 120 Å². The van der Waals surface area contributed by atoms with Crippen molar-refractivity contribution in [2.45, 2.75) is 19.4 Å². The van der Waals surface area contributed by atoms with Crippen molar-refractivity contribution in [2.75, 3.05) is 13.1 Å². The third-order valence-electron chi connectivity index (χ3n) is 4.05. The molecule has 0 radical (unpaired) electrons. The standard InChI is InChI=1S/C18H21NO/c1-14-11-19-12-18(14)16-8-5-9-17(10-16)20-13-15-6-3-2-4-7-15/h2-10,14,18-19H,11-13H2,1H3/t14-,18+/m0/s1. The first-order valence-electron chi connectivity index (χ1n) is 7.30. The van der Waals surface area contributed by atoms with E-state index >= 15 is 0 Å². The molecule has 2 aromatic rings. The number of benzene rings is 2. The van der Waals surface area contributed by atoms with E-state index in [2.05, 4.69) is 42.6 Å². The molecule has 0 aromatic heterocycles. The minimum atomic E-state index is 0.607. The van der Waals surface area contributed by atoms with Crippen molar-refractivity contribution in [1.29, 1.82) is 0 Å². The summed E-state index contributed by atoms with van der Waals surface area (Å²) in [7, 11) is 0. The minimum absolute atomic E-state index is 0.607. The van der Waals surface area contributed by atoms with Gasteiger partial charge in [0.25, 0.3) is 0 Å². The van der Waals surface area contributed by atoms with E-state index in [-0.39, 0.29) is 0 Å². The highest BCUT2D eigenvalue weighted by Crippen LogP contribution is 2.29. The van der Waals surface area contributed by atoms with E-state index < -0.39 is 0 Å². The molecule has 1 N–H and O–H groups in total. The maximum absolute atomic E-state index is 5.91. The van der Waals surface area contributed by atoms with Crippen molar-refractivity contribution in [1.82, 2.24) is 5.32 Å². The van der Waals surface area contributed by atoms with Crippen LogP contribution in [-0.4, -0.2) is 13.1 Å². The SMILES string of the molecule is C[C@H]1CNC[C@H]1c1cccc(OCc2ccccc2)c1. The molecule has 0 saturated carbocycles. The maximum atomic E-state index is 5.91. The van der Waals surface area contributed by atoms with Crippen molar-refractivity contribution < 1.29 is 4.74 Å². The fraction of sp³-hybridized carbons (Fsp3) is 0.333. The molecule has 1 aliphatic heterocycles. The van der Waals surface area contributed by atoms with E-state index in [9.17, 15) is 0 Å². The Balaban J connectivity index is 1.68. The molecule has 0 aliphatic carbocycles. The highest BCUT2D eigenvalue weighted by atomic mass is 16.5. The summed E-state index contributed by atoms with van der Waals surface area (Å²) in [5.41, 5.74) is 2.59. The third kappa shape index (κ3) is 3.02. The van der Waals surface area contributed by atoms with E-state index in [0.717, 1.165) is 18.8 Å². The Hall–Kier alpha value is -1.80. The van der Waals surface area contributed by atoms with Gasteiger partial charge >= 0.3 is 0 Å². The fourth-order valence-corrected chi connectivity index (χ4v) is 2.83. The van der Waals surface area contributed by atoms with Crippen LogP contribution < -0.4 is 10.1 Å². The smallest absolute Gasteiger partial charge is 0.120 e. The van der Waals surface area contributed by atoms with E-state index in [0.29, 0.717) is 18.4 Å². The molecule has 2 heteroatoms. The molecule has 104 valence electrons. The van der Waals surface area contributed by atoms with Gasteiger partial charge in [-0.1, -0.05) is 49.4 Å². The molecule has 0 spiro atoms. The van der Waals surface area contributed by atoms with Crippen LogP contribution in [-0.2, 0) is 6.61 Å². The Morgan fingerprint density at radius 2 is 1.90 bits per heavy atom. The first-order chi connectivity index (χ1) is 9.83. The van der Waals surface area contributed by atoms with Crippen LogP contribution in [0.5, 0.6) is 5.75 Å². The number of hydrogen-bond donors (Lipinski definition) is 1. The molecule has 2 nitrogen and oxygen atoms in total. The van der Waals surface area contributed by atoms with Crippen molar-refractivity contribution >= 4 is 0 Å². The Morgan fingerprint density at radius 1 is 1.05 bits per heavy atom. The highest BCUT2D eigenvalue weighted by Gasteiger charge is 2.24. The summed E-state index contributed by atoms with van der Waals surface area (Å²) in [5.74, 6) is 2.26. The van der Waals surface area contributed by atoms with Gasteiger partial charge in [-0.15, -0.1) is 0 Å². The zero-order valence-electron chi connectivity index (χ0n) is 11.9. The van der Waals surface area contributed by atoms with Gasteiger partial charge in [-0.2, -0.15) is 0 Å². The van der Waals surface area contributed by atoms with Gasteiger partial charge < -0.3 is 10.1 Å². The van der Waals surface area contributed by atoms with Gasteiger partial charge in [-0.25, -0.2) is 0 Å². The molecule has 0 unspecified atom stereocenters. The number of hydrogen-bond acceptors (Lipinski definition) is 2. The molecule has 1 aliphatic rings. The van der Waals surface area contributed by atoms with Crippen LogP contribution in [0.2, 0.25) is 0 Å². The molecule has 3 rings (SSSR count). The Morgan fingerprint density at radius 3 is 2.65 bits per heavy atom. The molecular formula is C18H21NO. The van der Waals surface area contributed by atoms with Crippen molar-refractivity contribution in [3.8, 4) is 5.75 Å². The summed E-state index contributed by atoms with van der Waals surface area (Å²) in [6, 6.07) is 18.8. The number of nitrogens with one attached hydrogen (secondary N) is 1. The van der Waals surface area contributed by atoms with E-state index in [1.807, 2.05) is 24.3 Å². The van der Waals surface area contributed by atoms with Crippen LogP contribution in [0, 0.1) is 5.92 Å². The first-order valence-corrected chi connectivity index (χ1v) is 7.30. The average molecular weight is 267 g/mol. The summed E-state index contributed by atoms with van der Waals surface area (Å²) < 4.78 is 5.91. The van der Waals surface area contributed by atoms with Gasteiger partial charge in [-0.3, -0.25) is 0 Å². The summed E-state index contributed by atoms with van der Waals surface area (Å²) in [4.78, 5) is 0. The second-order valence-electron chi connectivity index (χ2n) is 5.59. The maximum Gasteiger partial charge on any atom is 0.120 e. The lowest BCUT2D eigenvalue weighted by atomic mass is 9.90. The summed E-state index contributed by atoms with van der Waals surface area (Å²) in [5, 5.41) is 3.46. The zero-order valence-corrected chi connectivity index (χ0v) is 11.9. The lowest BCUT2D eigenvalue weighted by molar-refractivity contribution is 0.305. The van der Waals surface area contributed by atoms with Gasteiger partial charge in [0, 0.05) is 12.5 Å². The third-order valence-corrected chi connectivity index (χ3v) is 4.05. The monoisotopic (exact) mass is 267 g/mol. The summed E-state index contributed by atoms with van der Waals surface area (Å²) in [6.45, 7) is 5.12. The lowest BCUT2D eigenvalue weighted by Crippen LogP contribution is -2.08. The fourth-order valence-electron chi connectivity index (χ4n) is 2.83. The van der Waals surface area contributed by atoms with Crippen molar-refractivity contribution in [3.05, 3.63) is 65.7 Å². The molecule has 1 saturated heterocycles. The van der Waals surface area contributed by atoms with Crippen LogP contribution in [0.25, 0.3) is 0 Å². The van der Waals surface area contributed by atoms with Crippen molar-refractivity contribution in [3.63, 3.8) is 0 Å². The minimum Gasteiger partial charge on any atom is -0.489 e. The zero-order chi connectivity index (χ0) is 13.8. The normalized spacial score (nSPS) is 21.9. The quantitative estimate of drug-likeness (QED) is 0.914. The average Bonchev–Trinajstić information content (AvgIpc) is 2.93. The van der Waals surface area contributed by atoms with Crippen LogP contribution in [0.15, 0.2) is 54.6 Å². The van der Waals surface area contributed by atoms with Gasteiger partial charge in [0.1, 0.15) is 12.4 Å². The highest BCUT2D eigenvalue weighted by molar-refractivity contribution is 5.32. The molecule has 2 atom stereocenters.